The Morgan fingerprint density at radius 1 is 1.12 bits per heavy atom. The molecule has 0 bridgehead atoms. The molecule has 0 fully saturated rings. The lowest BCUT2D eigenvalue weighted by Gasteiger charge is -2.18. The molecule has 1 aliphatic rings. The summed E-state index contributed by atoms with van der Waals surface area (Å²) in [6, 6.07) is 11.7. The molecule has 3 aromatic rings. The van der Waals surface area contributed by atoms with E-state index in [0.717, 1.165) is 12.1 Å². The van der Waals surface area contributed by atoms with Gasteiger partial charge in [0.15, 0.2) is 0 Å². The van der Waals surface area contributed by atoms with Crippen LogP contribution in [-0.2, 0) is 12.8 Å². The molecule has 2 N–H and O–H groups in total. The van der Waals surface area contributed by atoms with Gasteiger partial charge in [-0.15, -0.1) is 0 Å². The number of nitrogens with one attached hydrogen (secondary N) is 1. The first-order chi connectivity index (χ1) is 12.4. The summed E-state index contributed by atoms with van der Waals surface area (Å²) in [7, 11) is 0. The number of carboxylic acid groups (broad SMARTS) is 1. The molecule has 4 nitrogen and oxygen atoms in total. The lowest BCUT2D eigenvalue weighted by molar-refractivity contribution is -0.137. The third kappa shape index (κ3) is 2.52. The molecule has 1 aliphatic heterocycles. The normalized spacial score (nSPS) is 12.9. The minimum absolute atomic E-state index is 0.0711. The van der Waals surface area contributed by atoms with Crippen LogP contribution in [0.15, 0.2) is 48.5 Å². The standard InChI is InChI=1S/C19H12F3NO3/c20-19(21,22)11-5-3-4-10(8-11)15-13-9-26-14-7-2-1-6-12(14)16(13)23-17(15)18(24)25/h1-8,23H,9H2,(H,24,25). The van der Waals surface area contributed by atoms with Gasteiger partial charge in [-0.1, -0.05) is 24.3 Å². The summed E-state index contributed by atoms with van der Waals surface area (Å²) in [4.78, 5) is 14.6. The van der Waals surface area contributed by atoms with Gasteiger partial charge < -0.3 is 14.8 Å². The second-order valence-electron chi connectivity index (χ2n) is 5.90. The van der Waals surface area contributed by atoms with Crippen molar-refractivity contribution in [2.45, 2.75) is 12.8 Å². The Hall–Kier alpha value is -3.22. The van der Waals surface area contributed by atoms with Gasteiger partial charge in [0.1, 0.15) is 18.1 Å². The lowest BCUT2D eigenvalue weighted by atomic mass is 9.95. The minimum atomic E-state index is -4.52. The molecule has 0 saturated carbocycles. The highest BCUT2D eigenvalue weighted by Gasteiger charge is 2.32. The summed E-state index contributed by atoms with van der Waals surface area (Å²) in [6.45, 7) is 0.0711. The summed E-state index contributed by atoms with van der Waals surface area (Å²) in [6.07, 6.45) is -4.52. The number of rotatable bonds is 2. The molecule has 2 heterocycles. The van der Waals surface area contributed by atoms with Gasteiger partial charge in [0.25, 0.3) is 0 Å². The van der Waals surface area contributed by atoms with Crippen molar-refractivity contribution >= 4 is 5.97 Å². The predicted octanol–water partition coefficient (Wildman–Crippen LogP) is 4.96. The molecule has 0 spiro atoms. The van der Waals surface area contributed by atoms with Crippen LogP contribution in [0.5, 0.6) is 5.75 Å². The molecule has 0 radical (unpaired) electrons. The molecule has 7 heteroatoms. The van der Waals surface area contributed by atoms with Gasteiger partial charge in [0.05, 0.1) is 11.3 Å². The second kappa shape index (κ2) is 5.66. The van der Waals surface area contributed by atoms with Crippen LogP contribution in [0, 0.1) is 0 Å². The van der Waals surface area contributed by atoms with Crippen molar-refractivity contribution in [3.63, 3.8) is 0 Å². The number of aromatic carboxylic acids is 1. The van der Waals surface area contributed by atoms with E-state index in [2.05, 4.69) is 4.98 Å². The van der Waals surface area contributed by atoms with Crippen molar-refractivity contribution in [3.05, 3.63) is 65.4 Å². The summed E-state index contributed by atoms with van der Waals surface area (Å²) >= 11 is 0. The molecule has 0 unspecified atom stereocenters. The van der Waals surface area contributed by atoms with Gasteiger partial charge in [-0.05, 0) is 29.8 Å². The van der Waals surface area contributed by atoms with E-state index in [1.54, 1.807) is 24.3 Å². The number of para-hydroxylation sites is 1. The van der Waals surface area contributed by atoms with Gasteiger partial charge in [-0.25, -0.2) is 4.79 Å². The predicted molar refractivity (Wildman–Crippen MR) is 88.0 cm³/mol. The number of carboxylic acids is 1. The van der Waals surface area contributed by atoms with Crippen LogP contribution in [0.25, 0.3) is 22.4 Å². The van der Waals surface area contributed by atoms with Crippen molar-refractivity contribution in [2.75, 3.05) is 0 Å². The van der Waals surface area contributed by atoms with Crippen LogP contribution in [0.1, 0.15) is 21.6 Å². The largest absolute Gasteiger partial charge is 0.488 e. The molecule has 26 heavy (non-hydrogen) atoms. The van der Waals surface area contributed by atoms with E-state index in [1.807, 2.05) is 0 Å². The van der Waals surface area contributed by atoms with Gasteiger partial charge in [0, 0.05) is 16.7 Å². The summed E-state index contributed by atoms with van der Waals surface area (Å²) in [5.41, 5.74) is 1.16. The van der Waals surface area contributed by atoms with Crippen molar-refractivity contribution in [3.8, 4) is 28.1 Å². The molecular formula is C19H12F3NO3. The highest BCUT2D eigenvalue weighted by molar-refractivity contribution is 5.99. The number of ether oxygens (including phenoxy) is 1. The van der Waals surface area contributed by atoms with E-state index in [0.29, 0.717) is 22.6 Å². The molecular weight excluding hydrogens is 347 g/mol. The van der Waals surface area contributed by atoms with E-state index in [4.69, 9.17) is 4.74 Å². The number of alkyl halides is 3. The van der Waals surface area contributed by atoms with E-state index >= 15 is 0 Å². The number of carbonyl (C=O) groups is 1. The average Bonchev–Trinajstić information content (AvgIpc) is 3.01. The first kappa shape index (κ1) is 16.3. The van der Waals surface area contributed by atoms with Crippen LogP contribution < -0.4 is 4.74 Å². The SMILES string of the molecule is O=C(O)c1[nH]c2c(c1-c1cccc(C(F)(F)F)c1)COc1ccccc1-2. The Kier molecular flexibility index (Phi) is 3.54. The minimum Gasteiger partial charge on any atom is -0.488 e. The molecule has 4 rings (SSSR count). The molecule has 2 aromatic carbocycles. The Bertz CT molecular complexity index is 1020. The van der Waals surface area contributed by atoms with E-state index in [1.165, 1.54) is 12.1 Å². The lowest BCUT2D eigenvalue weighted by Crippen LogP contribution is -2.07. The van der Waals surface area contributed by atoms with Crippen LogP contribution in [0.3, 0.4) is 0 Å². The zero-order valence-corrected chi connectivity index (χ0v) is 13.2. The monoisotopic (exact) mass is 359 g/mol. The molecule has 0 aliphatic carbocycles. The Morgan fingerprint density at radius 2 is 1.88 bits per heavy atom. The Balaban J connectivity index is 1.96. The maximum Gasteiger partial charge on any atom is 0.416 e. The average molecular weight is 359 g/mol. The Morgan fingerprint density at radius 3 is 2.62 bits per heavy atom. The number of hydrogen-bond acceptors (Lipinski definition) is 2. The van der Waals surface area contributed by atoms with E-state index in [9.17, 15) is 23.1 Å². The fourth-order valence-electron chi connectivity index (χ4n) is 3.19. The molecule has 0 atom stereocenters. The van der Waals surface area contributed by atoms with Crippen molar-refractivity contribution < 1.29 is 27.8 Å². The first-order valence-corrected chi connectivity index (χ1v) is 7.74. The number of H-pyrrole nitrogens is 1. The van der Waals surface area contributed by atoms with Gasteiger partial charge in [0.2, 0.25) is 0 Å². The first-order valence-electron chi connectivity index (χ1n) is 7.74. The highest BCUT2D eigenvalue weighted by Crippen LogP contribution is 2.43. The van der Waals surface area contributed by atoms with Crippen LogP contribution in [0.2, 0.25) is 0 Å². The van der Waals surface area contributed by atoms with E-state index < -0.39 is 17.7 Å². The number of halogens is 3. The Labute approximate surface area is 145 Å². The molecule has 0 saturated heterocycles. The van der Waals surface area contributed by atoms with Gasteiger partial charge in [-0.3, -0.25) is 0 Å². The zero-order chi connectivity index (χ0) is 18.5. The summed E-state index contributed by atoms with van der Waals surface area (Å²) < 4.78 is 44.8. The van der Waals surface area contributed by atoms with Crippen LogP contribution >= 0.6 is 0 Å². The third-order valence-electron chi connectivity index (χ3n) is 4.32. The van der Waals surface area contributed by atoms with Crippen molar-refractivity contribution in [1.29, 1.82) is 0 Å². The highest BCUT2D eigenvalue weighted by atomic mass is 19.4. The van der Waals surface area contributed by atoms with E-state index in [-0.39, 0.29) is 23.4 Å². The van der Waals surface area contributed by atoms with Gasteiger partial charge >= 0.3 is 12.1 Å². The maximum absolute atomic E-state index is 13.1. The molecule has 132 valence electrons. The number of aromatic amines is 1. The third-order valence-corrected chi connectivity index (χ3v) is 4.32. The van der Waals surface area contributed by atoms with Crippen LogP contribution in [-0.4, -0.2) is 16.1 Å². The number of aromatic nitrogens is 1. The smallest absolute Gasteiger partial charge is 0.416 e. The molecule has 0 amide bonds. The maximum atomic E-state index is 13.1. The summed E-state index contributed by atoms with van der Waals surface area (Å²) in [5.74, 6) is -0.655. The quantitative estimate of drug-likeness (QED) is 0.680. The molecule has 1 aromatic heterocycles. The summed E-state index contributed by atoms with van der Waals surface area (Å²) in [5, 5.41) is 9.56. The van der Waals surface area contributed by atoms with Gasteiger partial charge in [-0.2, -0.15) is 13.2 Å². The zero-order valence-electron chi connectivity index (χ0n) is 13.2. The van der Waals surface area contributed by atoms with Crippen molar-refractivity contribution in [2.24, 2.45) is 0 Å². The fourth-order valence-corrected chi connectivity index (χ4v) is 3.19. The number of fused-ring (bicyclic) bond motifs is 3. The topological polar surface area (TPSA) is 62.3 Å². The second-order valence-corrected chi connectivity index (χ2v) is 5.90. The number of benzene rings is 2. The van der Waals surface area contributed by atoms with Crippen LogP contribution in [0.4, 0.5) is 13.2 Å². The fraction of sp³-hybridized carbons (Fsp3) is 0.105. The van der Waals surface area contributed by atoms with Crippen molar-refractivity contribution in [1.82, 2.24) is 4.98 Å². The number of hydrogen-bond donors (Lipinski definition) is 2.